The lowest BCUT2D eigenvalue weighted by molar-refractivity contribution is -0.149. The molecule has 0 aromatic rings. The average Bonchev–Trinajstić information content (AvgIpc) is 2.19. The zero-order valence-corrected chi connectivity index (χ0v) is 7.83. The molecule has 3 nitrogen and oxygen atoms in total. The predicted octanol–water partition coefficient (Wildman–Crippen LogP) is 1.70. The van der Waals surface area contributed by atoms with Crippen molar-refractivity contribution in [2.45, 2.75) is 38.5 Å². The third kappa shape index (κ3) is 3.57. The topological polar surface area (TPSA) is 43.4 Å². The van der Waals surface area contributed by atoms with Crippen LogP contribution in [0.2, 0.25) is 0 Å². The van der Waals surface area contributed by atoms with Crippen LogP contribution in [0.4, 0.5) is 0 Å². The second-order valence-corrected chi connectivity index (χ2v) is 3.46. The van der Waals surface area contributed by atoms with E-state index < -0.39 is 0 Å². The van der Waals surface area contributed by atoms with E-state index in [1.165, 1.54) is 6.42 Å². The molecule has 0 N–H and O–H groups in total. The lowest BCUT2D eigenvalue weighted by atomic mass is 9.89. The third-order valence-electron chi connectivity index (χ3n) is 2.42. The minimum atomic E-state index is -0.110. The first-order chi connectivity index (χ1) is 6.34. The van der Waals surface area contributed by atoms with Crippen LogP contribution < -0.4 is 0 Å². The molecule has 0 spiro atoms. The van der Waals surface area contributed by atoms with Crippen molar-refractivity contribution in [1.82, 2.24) is 0 Å². The quantitative estimate of drug-likeness (QED) is 0.379. The molecule has 0 unspecified atom stereocenters. The van der Waals surface area contributed by atoms with Gasteiger partial charge in [-0.25, -0.2) is 0 Å². The zero-order chi connectivity index (χ0) is 9.52. The van der Waals surface area contributed by atoms with Crippen LogP contribution in [0.1, 0.15) is 38.5 Å². The van der Waals surface area contributed by atoms with Gasteiger partial charge in [0, 0.05) is 6.42 Å². The molecule has 0 radical (unpaired) electrons. The van der Waals surface area contributed by atoms with E-state index in [2.05, 4.69) is 0 Å². The van der Waals surface area contributed by atoms with Gasteiger partial charge in [-0.2, -0.15) is 0 Å². The first-order valence-electron chi connectivity index (χ1n) is 4.95. The van der Waals surface area contributed by atoms with Crippen LogP contribution in [0, 0.1) is 5.92 Å². The number of carbonyl (C=O) groups excluding carboxylic acids is 2. The molecule has 0 atom stereocenters. The Kier molecular flexibility index (Phi) is 4.50. The molecule has 74 valence electrons. The van der Waals surface area contributed by atoms with Gasteiger partial charge in [0.25, 0.3) is 0 Å². The predicted molar refractivity (Wildman–Crippen MR) is 48.2 cm³/mol. The normalized spacial score (nSPS) is 18.2. The van der Waals surface area contributed by atoms with Gasteiger partial charge in [0.2, 0.25) is 0 Å². The summed E-state index contributed by atoms with van der Waals surface area (Å²) in [6, 6.07) is 0. The van der Waals surface area contributed by atoms with Crippen molar-refractivity contribution in [3.8, 4) is 0 Å². The van der Waals surface area contributed by atoms with Crippen molar-refractivity contribution in [3.63, 3.8) is 0 Å². The zero-order valence-electron chi connectivity index (χ0n) is 7.83. The number of carbonyl (C=O) groups is 2. The van der Waals surface area contributed by atoms with E-state index in [1.54, 1.807) is 0 Å². The fourth-order valence-electron chi connectivity index (χ4n) is 1.66. The average molecular weight is 184 g/mol. The molecule has 1 aliphatic rings. The highest BCUT2D eigenvalue weighted by molar-refractivity contribution is 5.72. The van der Waals surface area contributed by atoms with E-state index in [9.17, 15) is 9.59 Å². The van der Waals surface area contributed by atoms with Crippen molar-refractivity contribution in [2.75, 3.05) is 6.61 Å². The van der Waals surface area contributed by atoms with E-state index in [4.69, 9.17) is 4.74 Å². The van der Waals surface area contributed by atoms with Crippen molar-refractivity contribution in [3.05, 3.63) is 0 Å². The van der Waals surface area contributed by atoms with Gasteiger partial charge >= 0.3 is 5.97 Å². The van der Waals surface area contributed by atoms with Gasteiger partial charge in [0.1, 0.15) is 6.29 Å². The van der Waals surface area contributed by atoms with Crippen LogP contribution in [-0.2, 0) is 14.3 Å². The Morgan fingerprint density at radius 2 is 2.00 bits per heavy atom. The van der Waals surface area contributed by atoms with E-state index in [0.717, 1.165) is 32.0 Å². The molecule has 1 rings (SSSR count). The highest BCUT2D eigenvalue weighted by Gasteiger charge is 2.21. The fourth-order valence-corrected chi connectivity index (χ4v) is 1.66. The standard InChI is InChI=1S/C10H16O3/c11-7-4-8-13-10(12)9-5-2-1-3-6-9/h7,9H,1-6,8H2. The Morgan fingerprint density at radius 3 is 2.62 bits per heavy atom. The molecule has 13 heavy (non-hydrogen) atoms. The summed E-state index contributed by atoms with van der Waals surface area (Å²) in [7, 11) is 0. The van der Waals surface area contributed by atoms with Gasteiger partial charge in [-0.15, -0.1) is 0 Å². The number of ether oxygens (including phenoxy) is 1. The fraction of sp³-hybridized carbons (Fsp3) is 0.800. The van der Waals surface area contributed by atoms with Crippen molar-refractivity contribution >= 4 is 12.3 Å². The third-order valence-corrected chi connectivity index (χ3v) is 2.42. The summed E-state index contributed by atoms with van der Waals surface area (Å²) in [6.07, 6.45) is 6.51. The summed E-state index contributed by atoms with van der Waals surface area (Å²) in [6.45, 7) is 0.249. The molecular weight excluding hydrogens is 168 g/mol. The smallest absolute Gasteiger partial charge is 0.308 e. The number of rotatable bonds is 4. The molecular formula is C10H16O3. The van der Waals surface area contributed by atoms with Crippen molar-refractivity contribution < 1.29 is 14.3 Å². The monoisotopic (exact) mass is 184 g/mol. The summed E-state index contributed by atoms with van der Waals surface area (Å²) in [5.41, 5.74) is 0. The van der Waals surface area contributed by atoms with E-state index in [-0.39, 0.29) is 18.5 Å². The van der Waals surface area contributed by atoms with E-state index in [1.807, 2.05) is 0 Å². The molecule has 1 saturated carbocycles. The van der Waals surface area contributed by atoms with Gasteiger partial charge in [-0.3, -0.25) is 4.79 Å². The summed E-state index contributed by atoms with van der Waals surface area (Å²) in [5.74, 6) is -0.0121. The maximum Gasteiger partial charge on any atom is 0.308 e. The van der Waals surface area contributed by atoms with Gasteiger partial charge in [-0.05, 0) is 12.8 Å². The van der Waals surface area contributed by atoms with Crippen molar-refractivity contribution in [2.24, 2.45) is 5.92 Å². The number of hydrogen-bond donors (Lipinski definition) is 0. The second kappa shape index (κ2) is 5.73. The van der Waals surface area contributed by atoms with Crippen LogP contribution in [0.5, 0.6) is 0 Å². The van der Waals surface area contributed by atoms with Gasteiger partial charge in [-0.1, -0.05) is 19.3 Å². The minimum Gasteiger partial charge on any atom is -0.465 e. The summed E-state index contributed by atoms with van der Waals surface area (Å²) >= 11 is 0. The van der Waals surface area contributed by atoms with Crippen LogP contribution in [0.15, 0.2) is 0 Å². The number of hydrogen-bond acceptors (Lipinski definition) is 3. The molecule has 0 aromatic heterocycles. The molecule has 0 saturated heterocycles. The Morgan fingerprint density at radius 1 is 1.31 bits per heavy atom. The molecule has 0 amide bonds. The van der Waals surface area contributed by atoms with Crippen LogP contribution in [-0.4, -0.2) is 18.9 Å². The molecule has 0 aromatic carbocycles. The highest BCUT2D eigenvalue weighted by atomic mass is 16.5. The maximum atomic E-state index is 11.3. The SMILES string of the molecule is O=CCCOC(=O)C1CCCCC1. The van der Waals surface area contributed by atoms with Gasteiger partial charge in [0.05, 0.1) is 12.5 Å². The molecule has 0 bridgehead atoms. The van der Waals surface area contributed by atoms with Gasteiger partial charge < -0.3 is 9.53 Å². The lowest BCUT2D eigenvalue weighted by Crippen LogP contribution is -2.20. The first kappa shape index (κ1) is 10.2. The molecule has 1 fully saturated rings. The first-order valence-corrected chi connectivity index (χ1v) is 4.95. The molecule has 0 aliphatic heterocycles. The second-order valence-electron chi connectivity index (χ2n) is 3.46. The molecule has 3 heteroatoms. The summed E-state index contributed by atoms with van der Waals surface area (Å²) < 4.78 is 4.95. The maximum absolute atomic E-state index is 11.3. The summed E-state index contributed by atoms with van der Waals surface area (Å²) in [4.78, 5) is 21.3. The minimum absolute atomic E-state index is 0.0976. The van der Waals surface area contributed by atoms with E-state index >= 15 is 0 Å². The molecule has 1 aliphatic carbocycles. The van der Waals surface area contributed by atoms with Crippen molar-refractivity contribution in [1.29, 1.82) is 0 Å². The summed E-state index contributed by atoms with van der Waals surface area (Å²) in [5, 5.41) is 0. The number of aldehydes is 1. The Hall–Kier alpha value is -0.860. The Labute approximate surface area is 78.5 Å². The number of esters is 1. The highest BCUT2D eigenvalue weighted by Crippen LogP contribution is 2.24. The van der Waals surface area contributed by atoms with Crippen LogP contribution >= 0.6 is 0 Å². The van der Waals surface area contributed by atoms with Gasteiger partial charge in [0.15, 0.2) is 0 Å². The van der Waals surface area contributed by atoms with E-state index in [0.29, 0.717) is 6.42 Å². The van der Waals surface area contributed by atoms with Crippen LogP contribution in [0.3, 0.4) is 0 Å². The largest absolute Gasteiger partial charge is 0.465 e. The van der Waals surface area contributed by atoms with Crippen LogP contribution in [0.25, 0.3) is 0 Å². The lowest BCUT2D eigenvalue weighted by Gasteiger charge is -2.19. The Bertz CT molecular complexity index is 171. The molecule has 0 heterocycles. The Balaban J connectivity index is 2.17.